The number of nitrogens with zero attached hydrogens (tertiary/aromatic N) is 3. The van der Waals surface area contributed by atoms with Crippen LogP contribution in [0.25, 0.3) is 42.6 Å². The first-order valence-corrected chi connectivity index (χ1v) is 8.20. The highest BCUT2D eigenvalue weighted by molar-refractivity contribution is 7.26. The van der Waals surface area contributed by atoms with Gasteiger partial charge in [-0.25, -0.2) is 9.97 Å². The Labute approximate surface area is 136 Å². The number of thiophene rings is 1. The molecule has 0 aliphatic rings. The van der Waals surface area contributed by atoms with E-state index in [0.717, 1.165) is 22.4 Å². The zero-order valence-corrected chi connectivity index (χ0v) is 12.9. The van der Waals surface area contributed by atoms with Crippen LogP contribution in [-0.2, 0) is 0 Å². The van der Waals surface area contributed by atoms with Gasteiger partial charge in [-0.1, -0.05) is 18.2 Å². The van der Waals surface area contributed by atoms with Crippen LogP contribution in [0.5, 0.6) is 0 Å². The van der Waals surface area contributed by atoms with Crippen molar-refractivity contribution in [2.24, 2.45) is 0 Å². The van der Waals surface area contributed by atoms with E-state index in [4.69, 9.17) is 4.98 Å². The predicted molar refractivity (Wildman–Crippen MR) is 95.7 cm³/mol. The first-order valence-electron chi connectivity index (χ1n) is 7.38. The highest BCUT2D eigenvalue weighted by Gasteiger charge is 2.12. The van der Waals surface area contributed by atoms with Gasteiger partial charge in [-0.2, -0.15) is 0 Å². The van der Waals surface area contributed by atoms with E-state index in [-0.39, 0.29) is 0 Å². The molecule has 0 amide bonds. The third kappa shape index (κ3) is 1.92. The molecule has 0 atom stereocenters. The summed E-state index contributed by atoms with van der Waals surface area (Å²) in [5.74, 6) is 0. The number of benzene rings is 1. The maximum absolute atomic E-state index is 4.70. The predicted octanol–water partition coefficient (Wildman–Crippen LogP) is 5.06. The first-order chi connectivity index (χ1) is 11.4. The van der Waals surface area contributed by atoms with Crippen LogP contribution < -0.4 is 0 Å². The zero-order valence-electron chi connectivity index (χ0n) is 12.1. The van der Waals surface area contributed by atoms with Crippen LogP contribution in [0, 0.1) is 0 Å². The number of fused-ring (bicyclic) bond motifs is 4. The minimum atomic E-state index is 0.755. The van der Waals surface area contributed by atoms with Gasteiger partial charge in [-0.05, 0) is 36.4 Å². The zero-order chi connectivity index (χ0) is 15.2. The van der Waals surface area contributed by atoms with Gasteiger partial charge < -0.3 is 0 Å². The Morgan fingerprint density at radius 2 is 1.70 bits per heavy atom. The van der Waals surface area contributed by atoms with E-state index in [1.807, 2.05) is 24.4 Å². The number of pyridine rings is 3. The van der Waals surface area contributed by atoms with Crippen molar-refractivity contribution in [2.75, 3.05) is 0 Å². The molecule has 3 nitrogen and oxygen atoms in total. The van der Waals surface area contributed by atoms with Crippen LogP contribution in [0.15, 0.2) is 67.0 Å². The van der Waals surface area contributed by atoms with Crippen LogP contribution in [0.1, 0.15) is 0 Å². The second-order valence-corrected chi connectivity index (χ2v) is 6.43. The smallest absolute Gasteiger partial charge is 0.159 e. The highest BCUT2D eigenvalue weighted by atomic mass is 32.1. The average Bonchev–Trinajstić information content (AvgIpc) is 3.00. The third-order valence-electron chi connectivity index (χ3n) is 4.00. The van der Waals surface area contributed by atoms with Gasteiger partial charge in [0.2, 0.25) is 0 Å². The van der Waals surface area contributed by atoms with Crippen molar-refractivity contribution in [2.45, 2.75) is 0 Å². The van der Waals surface area contributed by atoms with E-state index in [2.05, 4.69) is 46.4 Å². The van der Waals surface area contributed by atoms with Crippen LogP contribution in [0.3, 0.4) is 0 Å². The van der Waals surface area contributed by atoms with Crippen molar-refractivity contribution in [1.82, 2.24) is 15.0 Å². The molecule has 0 saturated heterocycles. The van der Waals surface area contributed by atoms with Gasteiger partial charge in [0, 0.05) is 33.3 Å². The largest absolute Gasteiger partial charge is 0.253 e. The third-order valence-corrected chi connectivity index (χ3v) is 5.19. The summed E-state index contributed by atoms with van der Waals surface area (Å²) in [6, 6.07) is 18.6. The fourth-order valence-electron chi connectivity index (χ4n) is 2.92. The fourth-order valence-corrected chi connectivity index (χ4v) is 4.12. The minimum absolute atomic E-state index is 0.755. The lowest BCUT2D eigenvalue weighted by Crippen LogP contribution is -1.90. The Kier molecular flexibility index (Phi) is 2.66. The van der Waals surface area contributed by atoms with Gasteiger partial charge >= 0.3 is 0 Å². The van der Waals surface area contributed by atoms with Crippen LogP contribution in [0.4, 0.5) is 0 Å². The van der Waals surface area contributed by atoms with Gasteiger partial charge in [0.25, 0.3) is 0 Å². The molecule has 1 aromatic carbocycles. The molecule has 23 heavy (non-hydrogen) atoms. The summed E-state index contributed by atoms with van der Waals surface area (Å²) in [4.78, 5) is 13.7. The molecule has 0 aliphatic heterocycles. The van der Waals surface area contributed by atoms with E-state index in [9.17, 15) is 0 Å². The minimum Gasteiger partial charge on any atom is -0.253 e. The lowest BCUT2D eigenvalue weighted by Gasteiger charge is -2.03. The molecule has 0 N–H and O–H groups in total. The summed E-state index contributed by atoms with van der Waals surface area (Å²) < 4.78 is 2.45. The quantitative estimate of drug-likeness (QED) is 0.434. The summed E-state index contributed by atoms with van der Waals surface area (Å²) >= 11 is 1.77. The molecule has 5 rings (SSSR count). The van der Waals surface area contributed by atoms with Crippen LogP contribution in [0.2, 0.25) is 0 Å². The Morgan fingerprint density at radius 3 is 2.70 bits per heavy atom. The van der Waals surface area contributed by atoms with Gasteiger partial charge in [-0.3, -0.25) is 4.98 Å². The molecule has 0 bridgehead atoms. The number of aromatic nitrogens is 3. The van der Waals surface area contributed by atoms with E-state index >= 15 is 0 Å². The van der Waals surface area contributed by atoms with Gasteiger partial charge in [-0.15, -0.1) is 11.3 Å². The van der Waals surface area contributed by atoms with Gasteiger partial charge in [0.05, 0.1) is 10.4 Å². The lowest BCUT2D eigenvalue weighted by atomic mass is 10.1. The first kappa shape index (κ1) is 12.7. The Morgan fingerprint density at radius 1 is 0.739 bits per heavy atom. The van der Waals surface area contributed by atoms with E-state index in [1.165, 1.54) is 20.2 Å². The molecule has 0 spiro atoms. The van der Waals surface area contributed by atoms with Crippen molar-refractivity contribution in [1.29, 1.82) is 0 Å². The van der Waals surface area contributed by atoms with E-state index in [0.29, 0.717) is 0 Å². The summed E-state index contributed by atoms with van der Waals surface area (Å²) in [5.41, 5.74) is 2.55. The molecular formula is C19H11N3S. The normalized spacial score (nSPS) is 11.5. The summed E-state index contributed by atoms with van der Waals surface area (Å²) in [6.45, 7) is 0. The van der Waals surface area contributed by atoms with Gasteiger partial charge in [0.15, 0.2) is 5.65 Å². The number of rotatable bonds is 1. The standard InChI is InChI=1S/C19H11N3S/c1-2-6-16-13(5-1)14-9-11-20-17(18(14)23-16)15-8-7-12-4-3-10-21-19(12)22-15/h1-11H. The van der Waals surface area contributed by atoms with Crippen molar-refractivity contribution in [3.63, 3.8) is 0 Å². The number of hydrogen-bond donors (Lipinski definition) is 0. The monoisotopic (exact) mass is 313 g/mol. The summed E-state index contributed by atoms with van der Waals surface area (Å²) in [6.07, 6.45) is 3.63. The van der Waals surface area contributed by atoms with Crippen molar-refractivity contribution in [3.8, 4) is 11.4 Å². The Hall–Kier alpha value is -2.85. The summed E-state index contributed by atoms with van der Waals surface area (Å²) in [7, 11) is 0. The van der Waals surface area contributed by atoms with Crippen molar-refractivity contribution < 1.29 is 0 Å². The average molecular weight is 313 g/mol. The van der Waals surface area contributed by atoms with Gasteiger partial charge in [0.1, 0.15) is 5.69 Å². The van der Waals surface area contributed by atoms with Crippen molar-refractivity contribution in [3.05, 3.63) is 67.0 Å². The van der Waals surface area contributed by atoms with E-state index < -0.39 is 0 Å². The SMILES string of the molecule is c1cnc2nc(-c3nccc4c3sc3ccccc34)ccc2c1. The molecule has 0 fully saturated rings. The molecule has 108 valence electrons. The molecule has 5 aromatic rings. The van der Waals surface area contributed by atoms with Crippen molar-refractivity contribution >= 4 is 42.5 Å². The molecule has 0 radical (unpaired) electrons. The Bertz CT molecular complexity index is 1180. The fraction of sp³-hybridized carbons (Fsp3) is 0. The molecule has 0 aliphatic carbocycles. The molecular weight excluding hydrogens is 302 g/mol. The van der Waals surface area contributed by atoms with Crippen LogP contribution >= 0.6 is 11.3 Å². The highest BCUT2D eigenvalue weighted by Crippen LogP contribution is 2.38. The Balaban J connectivity index is 1.84. The molecule has 4 aromatic heterocycles. The maximum Gasteiger partial charge on any atom is 0.159 e. The van der Waals surface area contributed by atoms with Crippen LogP contribution in [-0.4, -0.2) is 15.0 Å². The second kappa shape index (κ2) is 4.83. The lowest BCUT2D eigenvalue weighted by molar-refractivity contribution is 1.26. The maximum atomic E-state index is 4.70. The molecule has 4 heterocycles. The topological polar surface area (TPSA) is 38.7 Å². The molecule has 4 heteroatoms. The molecule has 0 saturated carbocycles. The second-order valence-electron chi connectivity index (χ2n) is 5.38. The molecule has 0 unspecified atom stereocenters. The summed E-state index contributed by atoms with van der Waals surface area (Å²) in [5, 5.41) is 3.55. The number of hydrogen-bond acceptors (Lipinski definition) is 4. The van der Waals surface area contributed by atoms with E-state index in [1.54, 1.807) is 17.5 Å².